The molecule has 0 spiro atoms. The molecule has 21 heavy (non-hydrogen) atoms. The minimum Gasteiger partial charge on any atom is -0.312 e. The number of hydrogen-bond donors (Lipinski definition) is 1. The lowest BCUT2D eigenvalue weighted by Crippen LogP contribution is -2.26. The molecule has 0 saturated carbocycles. The maximum absolute atomic E-state index is 12.7. The Kier molecular flexibility index (Phi) is 3.12. The molecular weight excluding hydrogens is 258 g/mol. The highest BCUT2D eigenvalue weighted by Gasteiger charge is 2.28. The summed E-state index contributed by atoms with van der Waals surface area (Å²) >= 11 is 0. The zero-order valence-electron chi connectivity index (χ0n) is 12.1. The van der Waals surface area contributed by atoms with Gasteiger partial charge in [0.1, 0.15) is 0 Å². The van der Waals surface area contributed by atoms with Gasteiger partial charge in [-0.2, -0.15) is 0 Å². The SMILES string of the molecule is O=C(CC1Cc2ccccc21)c1cccc2c1CCNC2. The third-order valence-electron chi connectivity index (χ3n) is 4.83. The number of carbonyl (C=O) groups excluding carboxylic acids is 1. The van der Waals surface area contributed by atoms with E-state index in [0.717, 1.165) is 31.5 Å². The Morgan fingerprint density at radius 1 is 1.10 bits per heavy atom. The van der Waals surface area contributed by atoms with Gasteiger partial charge in [-0.05, 0) is 47.6 Å². The molecule has 1 heterocycles. The van der Waals surface area contributed by atoms with Gasteiger partial charge in [-0.15, -0.1) is 0 Å². The Hall–Kier alpha value is -1.93. The van der Waals surface area contributed by atoms with E-state index < -0.39 is 0 Å². The van der Waals surface area contributed by atoms with E-state index in [1.54, 1.807) is 0 Å². The molecule has 0 bridgehead atoms. The summed E-state index contributed by atoms with van der Waals surface area (Å²) in [4.78, 5) is 12.7. The lowest BCUT2D eigenvalue weighted by atomic mass is 9.74. The standard InChI is InChI=1S/C19H19NO/c21-19(11-15-10-13-4-1-2-6-16(13)15)18-7-3-5-14-12-20-9-8-17(14)18/h1-7,15,20H,8-12H2. The largest absolute Gasteiger partial charge is 0.312 e. The smallest absolute Gasteiger partial charge is 0.163 e. The molecule has 0 fully saturated rings. The Balaban J connectivity index is 1.57. The monoisotopic (exact) mass is 277 g/mol. The van der Waals surface area contributed by atoms with Gasteiger partial charge in [0, 0.05) is 18.5 Å². The summed E-state index contributed by atoms with van der Waals surface area (Å²) < 4.78 is 0. The van der Waals surface area contributed by atoms with Crippen molar-refractivity contribution in [3.05, 3.63) is 70.3 Å². The van der Waals surface area contributed by atoms with Crippen LogP contribution >= 0.6 is 0 Å². The van der Waals surface area contributed by atoms with Crippen LogP contribution in [-0.4, -0.2) is 12.3 Å². The van der Waals surface area contributed by atoms with Crippen molar-refractivity contribution in [2.45, 2.75) is 31.7 Å². The van der Waals surface area contributed by atoms with Crippen molar-refractivity contribution in [1.82, 2.24) is 5.32 Å². The predicted molar refractivity (Wildman–Crippen MR) is 83.7 cm³/mol. The molecule has 1 unspecified atom stereocenters. The Labute approximate surface area is 125 Å². The second-order valence-electron chi connectivity index (χ2n) is 6.10. The van der Waals surface area contributed by atoms with Gasteiger partial charge < -0.3 is 5.32 Å². The van der Waals surface area contributed by atoms with E-state index in [4.69, 9.17) is 0 Å². The van der Waals surface area contributed by atoms with Crippen LogP contribution in [0.5, 0.6) is 0 Å². The molecule has 2 aromatic carbocycles. The number of nitrogens with one attached hydrogen (secondary N) is 1. The van der Waals surface area contributed by atoms with E-state index in [1.807, 2.05) is 12.1 Å². The van der Waals surface area contributed by atoms with E-state index in [-0.39, 0.29) is 0 Å². The first kappa shape index (κ1) is 12.8. The maximum atomic E-state index is 12.7. The lowest BCUT2D eigenvalue weighted by Gasteiger charge is -2.30. The number of benzene rings is 2. The van der Waals surface area contributed by atoms with Crippen molar-refractivity contribution in [2.24, 2.45) is 0 Å². The molecule has 1 aliphatic heterocycles. The maximum Gasteiger partial charge on any atom is 0.163 e. The molecular formula is C19H19NO. The summed E-state index contributed by atoms with van der Waals surface area (Å²) in [6.45, 7) is 1.87. The third-order valence-corrected chi connectivity index (χ3v) is 4.83. The van der Waals surface area contributed by atoms with Crippen LogP contribution in [0.1, 0.15) is 45.0 Å². The number of rotatable bonds is 3. The molecule has 1 N–H and O–H groups in total. The molecule has 1 aliphatic carbocycles. The number of fused-ring (bicyclic) bond motifs is 2. The van der Waals surface area contributed by atoms with Gasteiger partial charge in [0.05, 0.1) is 0 Å². The normalized spacial score (nSPS) is 19.3. The molecule has 2 aliphatic rings. The molecule has 2 heteroatoms. The highest BCUT2D eigenvalue weighted by molar-refractivity contribution is 5.98. The van der Waals surface area contributed by atoms with Crippen LogP contribution < -0.4 is 5.32 Å². The predicted octanol–water partition coefficient (Wildman–Crippen LogP) is 3.25. The fourth-order valence-corrected chi connectivity index (χ4v) is 3.67. The van der Waals surface area contributed by atoms with Crippen molar-refractivity contribution >= 4 is 5.78 Å². The average molecular weight is 277 g/mol. The van der Waals surface area contributed by atoms with Crippen LogP contribution in [0.2, 0.25) is 0 Å². The molecule has 106 valence electrons. The first-order valence-corrected chi connectivity index (χ1v) is 7.75. The second-order valence-corrected chi connectivity index (χ2v) is 6.10. The van der Waals surface area contributed by atoms with Crippen molar-refractivity contribution < 1.29 is 4.79 Å². The van der Waals surface area contributed by atoms with Crippen LogP contribution in [0, 0.1) is 0 Å². The molecule has 0 aromatic heterocycles. The number of hydrogen-bond acceptors (Lipinski definition) is 2. The summed E-state index contributed by atoms with van der Waals surface area (Å²) in [6.07, 6.45) is 2.68. The quantitative estimate of drug-likeness (QED) is 0.873. The number of Topliss-reactive ketones (excluding diaryl/α,β-unsaturated/α-hetero) is 1. The van der Waals surface area contributed by atoms with E-state index in [1.165, 1.54) is 22.3 Å². The van der Waals surface area contributed by atoms with Crippen LogP contribution in [0.15, 0.2) is 42.5 Å². The molecule has 2 aromatic rings. The van der Waals surface area contributed by atoms with Crippen LogP contribution in [0.25, 0.3) is 0 Å². The second kappa shape index (κ2) is 5.12. The van der Waals surface area contributed by atoms with E-state index in [9.17, 15) is 4.79 Å². The summed E-state index contributed by atoms with van der Waals surface area (Å²) in [5.74, 6) is 0.736. The van der Waals surface area contributed by atoms with Crippen molar-refractivity contribution in [2.75, 3.05) is 6.54 Å². The minimum atomic E-state index is 0.313. The highest BCUT2D eigenvalue weighted by atomic mass is 16.1. The Morgan fingerprint density at radius 2 is 1.95 bits per heavy atom. The van der Waals surface area contributed by atoms with Gasteiger partial charge in [-0.1, -0.05) is 42.5 Å². The van der Waals surface area contributed by atoms with Crippen LogP contribution in [-0.2, 0) is 19.4 Å². The fraction of sp³-hybridized carbons (Fsp3) is 0.316. The third kappa shape index (κ3) is 2.20. The summed E-state index contributed by atoms with van der Waals surface area (Å²) in [6, 6.07) is 14.7. The molecule has 4 rings (SSSR count). The van der Waals surface area contributed by atoms with Gasteiger partial charge in [-0.3, -0.25) is 4.79 Å². The first-order valence-electron chi connectivity index (χ1n) is 7.75. The molecule has 0 saturated heterocycles. The van der Waals surface area contributed by atoms with Crippen LogP contribution in [0.3, 0.4) is 0 Å². The summed E-state index contributed by atoms with van der Waals surface area (Å²) in [5, 5.41) is 3.37. The average Bonchev–Trinajstić information content (AvgIpc) is 2.52. The van der Waals surface area contributed by atoms with E-state index >= 15 is 0 Å². The molecule has 1 atom stereocenters. The van der Waals surface area contributed by atoms with Crippen LogP contribution in [0.4, 0.5) is 0 Å². The first-order chi connectivity index (χ1) is 10.3. The zero-order chi connectivity index (χ0) is 14.2. The molecule has 2 nitrogen and oxygen atoms in total. The van der Waals surface area contributed by atoms with Crippen molar-refractivity contribution in [1.29, 1.82) is 0 Å². The summed E-state index contributed by atoms with van der Waals surface area (Å²) in [7, 11) is 0. The van der Waals surface area contributed by atoms with E-state index in [2.05, 4.69) is 35.6 Å². The number of ketones is 1. The lowest BCUT2D eigenvalue weighted by molar-refractivity contribution is 0.0969. The van der Waals surface area contributed by atoms with Gasteiger partial charge in [0.25, 0.3) is 0 Å². The van der Waals surface area contributed by atoms with Crippen molar-refractivity contribution in [3.8, 4) is 0 Å². The van der Waals surface area contributed by atoms with Crippen molar-refractivity contribution in [3.63, 3.8) is 0 Å². The fourth-order valence-electron chi connectivity index (χ4n) is 3.67. The van der Waals surface area contributed by atoms with Gasteiger partial charge >= 0.3 is 0 Å². The van der Waals surface area contributed by atoms with Gasteiger partial charge in [0.2, 0.25) is 0 Å². The summed E-state index contributed by atoms with van der Waals surface area (Å²) in [5.41, 5.74) is 6.31. The topological polar surface area (TPSA) is 29.1 Å². The Bertz CT molecular complexity index is 704. The van der Waals surface area contributed by atoms with E-state index in [0.29, 0.717) is 18.1 Å². The zero-order valence-corrected chi connectivity index (χ0v) is 12.1. The molecule has 0 radical (unpaired) electrons. The molecule has 0 amide bonds. The Morgan fingerprint density at radius 3 is 2.86 bits per heavy atom. The highest BCUT2D eigenvalue weighted by Crippen LogP contribution is 2.38. The number of carbonyl (C=O) groups is 1. The van der Waals surface area contributed by atoms with Gasteiger partial charge in [0.15, 0.2) is 5.78 Å². The van der Waals surface area contributed by atoms with Gasteiger partial charge in [-0.25, -0.2) is 0 Å². The minimum absolute atomic E-state index is 0.313.